The number of carbonyl (C=O) groups excluding carboxylic acids is 1. The van der Waals surface area contributed by atoms with Gasteiger partial charge in [-0.25, -0.2) is 4.79 Å². The molecule has 2 fully saturated rings. The summed E-state index contributed by atoms with van der Waals surface area (Å²) in [5, 5.41) is 3.65. The zero-order chi connectivity index (χ0) is 15.5. The van der Waals surface area contributed by atoms with Gasteiger partial charge in [-0.3, -0.25) is 0 Å². The highest BCUT2D eigenvalue weighted by molar-refractivity contribution is 5.68. The molecule has 2 aliphatic heterocycles. The largest absolute Gasteiger partial charge is 0.444 e. The Morgan fingerprint density at radius 3 is 2.95 bits per heavy atom. The molecule has 0 aromatic rings. The second kappa shape index (κ2) is 6.12. The molecule has 7 nitrogen and oxygen atoms in total. The number of amides is 1. The van der Waals surface area contributed by atoms with Gasteiger partial charge in [-0.15, -0.1) is 0 Å². The molecule has 0 aromatic carbocycles. The number of hydrogen-bond donors (Lipinski definition) is 0. The summed E-state index contributed by atoms with van der Waals surface area (Å²) in [4.78, 5) is 16.8. The van der Waals surface area contributed by atoms with Crippen LogP contribution in [0.15, 0.2) is 5.11 Å². The van der Waals surface area contributed by atoms with Crippen molar-refractivity contribution in [3.8, 4) is 0 Å². The molecule has 0 N–H and O–H groups in total. The number of ether oxygens (including phenoxy) is 2. The first-order valence-electron chi connectivity index (χ1n) is 7.47. The fourth-order valence-electron chi connectivity index (χ4n) is 3.21. The molecule has 7 heteroatoms. The van der Waals surface area contributed by atoms with Gasteiger partial charge in [0, 0.05) is 30.0 Å². The van der Waals surface area contributed by atoms with Crippen LogP contribution in [0.5, 0.6) is 0 Å². The molecule has 0 saturated carbocycles. The van der Waals surface area contributed by atoms with Gasteiger partial charge in [0.2, 0.25) is 0 Å². The van der Waals surface area contributed by atoms with E-state index >= 15 is 0 Å². The van der Waals surface area contributed by atoms with E-state index in [1.807, 2.05) is 20.8 Å². The second-order valence-corrected chi connectivity index (χ2v) is 6.89. The van der Waals surface area contributed by atoms with E-state index in [4.69, 9.17) is 15.0 Å². The number of azide groups is 1. The highest BCUT2D eigenvalue weighted by atomic mass is 16.6. The molecule has 1 amide bonds. The summed E-state index contributed by atoms with van der Waals surface area (Å²) in [5.41, 5.74) is 7.92. The van der Waals surface area contributed by atoms with E-state index < -0.39 is 5.60 Å². The third kappa shape index (κ3) is 3.80. The van der Waals surface area contributed by atoms with Crippen molar-refractivity contribution in [1.82, 2.24) is 4.90 Å². The van der Waals surface area contributed by atoms with Crippen molar-refractivity contribution >= 4 is 6.09 Å². The zero-order valence-corrected chi connectivity index (χ0v) is 13.0. The van der Waals surface area contributed by atoms with Crippen molar-refractivity contribution in [3.05, 3.63) is 10.4 Å². The third-order valence-electron chi connectivity index (χ3n) is 4.17. The Labute approximate surface area is 125 Å². The van der Waals surface area contributed by atoms with Crippen molar-refractivity contribution in [2.75, 3.05) is 26.2 Å². The van der Waals surface area contributed by atoms with Gasteiger partial charge in [-0.1, -0.05) is 5.11 Å². The molecular formula is C14H24N4O3. The maximum atomic E-state index is 12.3. The molecule has 1 spiro atoms. The third-order valence-corrected chi connectivity index (χ3v) is 4.17. The zero-order valence-electron chi connectivity index (χ0n) is 13.0. The normalized spacial score (nSPS) is 29.3. The van der Waals surface area contributed by atoms with Crippen LogP contribution in [0.4, 0.5) is 4.79 Å². The number of rotatable bonds is 2. The Balaban J connectivity index is 2.05. The van der Waals surface area contributed by atoms with Crippen molar-refractivity contribution in [2.24, 2.45) is 10.5 Å². The summed E-state index contributed by atoms with van der Waals surface area (Å²) in [7, 11) is 0. The van der Waals surface area contributed by atoms with E-state index in [1.54, 1.807) is 4.90 Å². The Hall–Kier alpha value is -1.46. The minimum atomic E-state index is -0.488. The number of likely N-dealkylation sites (tertiary alicyclic amines) is 1. The van der Waals surface area contributed by atoms with Crippen LogP contribution in [0.3, 0.4) is 0 Å². The molecule has 0 bridgehead atoms. The quantitative estimate of drug-likeness (QED) is 0.445. The molecule has 2 unspecified atom stereocenters. The molecule has 2 saturated heterocycles. The van der Waals surface area contributed by atoms with E-state index in [0.29, 0.717) is 26.2 Å². The Morgan fingerprint density at radius 1 is 1.52 bits per heavy atom. The Kier molecular flexibility index (Phi) is 4.64. The lowest BCUT2D eigenvalue weighted by molar-refractivity contribution is -0.0168. The minimum absolute atomic E-state index is 0.0939. The monoisotopic (exact) mass is 296 g/mol. The first-order chi connectivity index (χ1) is 9.86. The highest BCUT2D eigenvalue weighted by Crippen LogP contribution is 2.43. The van der Waals surface area contributed by atoms with Gasteiger partial charge in [0.15, 0.2) is 0 Å². The van der Waals surface area contributed by atoms with Crippen LogP contribution >= 0.6 is 0 Å². The van der Waals surface area contributed by atoms with Crippen LogP contribution in [0.2, 0.25) is 0 Å². The predicted octanol–water partition coefficient (Wildman–Crippen LogP) is 3.10. The first-order valence-corrected chi connectivity index (χ1v) is 7.47. The van der Waals surface area contributed by atoms with Crippen LogP contribution in [-0.4, -0.2) is 48.9 Å². The van der Waals surface area contributed by atoms with E-state index in [2.05, 4.69) is 10.0 Å². The fourth-order valence-corrected chi connectivity index (χ4v) is 3.21. The molecule has 2 rings (SSSR count). The summed E-state index contributed by atoms with van der Waals surface area (Å²) in [6.07, 6.45) is 2.46. The molecule has 0 aromatic heterocycles. The summed E-state index contributed by atoms with van der Waals surface area (Å²) >= 11 is 0. The molecule has 21 heavy (non-hydrogen) atoms. The van der Waals surface area contributed by atoms with Crippen molar-refractivity contribution in [1.29, 1.82) is 0 Å². The number of nitrogens with zero attached hydrogens (tertiary/aromatic N) is 4. The fraction of sp³-hybridized carbons (Fsp3) is 0.929. The minimum Gasteiger partial charge on any atom is -0.444 e. The highest BCUT2D eigenvalue weighted by Gasteiger charge is 2.47. The number of piperidine rings is 1. The predicted molar refractivity (Wildman–Crippen MR) is 77.8 cm³/mol. The van der Waals surface area contributed by atoms with E-state index in [9.17, 15) is 4.79 Å². The van der Waals surface area contributed by atoms with Crippen molar-refractivity contribution < 1.29 is 14.3 Å². The lowest BCUT2D eigenvalue weighted by Crippen LogP contribution is -2.51. The standard InChI is InChI=1S/C14H24N4O3/c1-13(2,3)21-12(19)18-7-4-5-14(10-18)6-8-20-11(14)9-16-17-15/h11H,4-10H2,1-3H3. The van der Waals surface area contributed by atoms with Crippen LogP contribution in [0, 0.1) is 5.41 Å². The summed E-state index contributed by atoms with van der Waals surface area (Å²) in [5.74, 6) is 0. The molecular weight excluding hydrogens is 272 g/mol. The summed E-state index contributed by atoms with van der Waals surface area (Å²) in [6, 6.07) is 0. The number of carbonyl (C=O) groups is 1. The molecule has 2 heterocycles. The molecule has 2 atom stereocenters. The average molecular weight is 296 g/mol. The number of hydrogen-bond acceptors (Lipinski definition) is 4. The molecule has 2 aliphatic rings. The van der Waals surface area contributed by atoms with Crippen molar-refractivity contribution in [2.45, 2.75) is 51.7 Å². The van der Waals surface area contributed by atoms with Crippen LogP contribution in [-0.2, 0) is 9.47 Å². The Bertz CT molecular complexity index is 442. The topological polar surface area (TPSA) is 87.5 Å². The van der Waals surface area contributed by atoms with Crippen LogP contribution in [0.1, 0.15) is 40.0 Å². The van der Waals surface area contributed by atoms with Crippen LogP contribution < -0.4 is 0 Å². The van der Waals surface area contributed by atoms with Gasteiger partial charge < -0.3 is 14.4 Å². The van der Waals surface area contributed by atoms with Gasteiger partial charge >= 0.3 is 6.09 Å². The van der Waals surface area contributed by atoms with E-state index in [0.717, 1.165) is 19.3 Å². The van der Waals surface area contributed by atoms with Crippen molar-refractivity contribution in [3.63, 3.8) is 0 Å². The van der Waals surface area contributed by atoms with Gasteiger partial charge in [0.1, 0.15) is 5.60 Å². The van der Waals surface area contributed by atoms with Gasteiger partial charge in [-0.05, 0) is 45.6 Å². The van der Waals surface area contributed by atoms with Crippen LogP contribution in [0.25, 0.3) is 10.4 Å². The second-order valence-electron chi connectivity index (χ2n) is 6.89. The van der Waals surface area contributed by atoms with Gasteiger partial charge in [-0.2, -0.15) is 0 Å². The summed E-state index contributed by atoms with van der Waals surface area (Å²) in [6.45, 7) is 7.93. The average Bonchev–Trinajstić information content (AvgIpc) is 2.77. The lowest BCUT2D eigenvalue weighted by Gasteiger charge is -2.42. The molecule has 118 valence electrons. The maximum absolute atomic E-state index is 12.3. The van der Waals surface area contributed by atoms with Gasteiger partial charge in [0.05, 0.1) is 12.6 Å². The first kappa shape index (κ1) is 15.9. The molecule has 0 radical (unpaired) electrons. The van der Waals surface area contributed by atoms with E-state index in [-0.39, 0.29) is 17.6 Å². The molecule has 0 aliphatic carbocycles. The van der Waals surface area contributed by atoms with E-state index in [1.165, 1.54) is 0 Å². The summed E-state index contributed by atoms with van der Waals surface area (Å²) < 4.78 is 11.2. The maximum Gasteiger partial charge on any atom is 0.410 e. The SMILES string of the molecule is CC(C)(C)OC(=O)N1CCCC2(CCOC2CN=[N+]=[N-])C1. The Morgan fingerprint density at radius 2 is 2.29 bits per heavy atom. The lowest BCUT2D eigenvalue weighted by atomic mass is 9.74. The van der Waals surface area contributed by atoms with Gasteiger partial charge in [0.25, 0.3) is 0 Å². The smallest absolute Gasteiger partial charge is 0.410 e.